The highest BCUT2D eigenvalue weighted by molar-refractivity contribution is 7.71. The van der Waals surface area contributed by atoms with Crippen molar-refractivity contribution in [2.24, 2.45) is 0 Å². The third-order valence-electron chi connectivity index (χ3n) is 2.70. The summed E-state index contributed by atoms with van der Waals surface area (Å²) in [5.41, 5.74) is 3.19. The Morgan fingerprint density at radius 3 is 3.19 bits per heavy atom. The average molecular weight is 230 g/mol. The summed E-state index contributed by atoms with van der Waals surface area (Å²) in [5.74, 6) is 0.901. The molecule has 4 nitrogen and oxygen atoms in total. The summed E-state index contributed by atoms with van der Waals surface area (Å²) in [5, 5.41) is 3.29. The molecule has 0 unspecified atom stereocenters. The van der Waals surface area contributed by atoms with E-state index in [1.807, 2.05) is 12.1 Å². The van der Waals surface area contributed by atoms with Gasteiger partial charge < -0.3 is 10.3 Å². The number of rotatable bonds is 0. The minimum Gasteiger partial charge on any atom is -0.369 e. The van der Waals surface area contributed by atoms with E-state index in [-0.39, 0.29) is 0 Å². The van der Waals surface area contributed by atoms with E-state index in [2.05, 4.69) is 20.3 Å². The van der Waals surface area contributed by atoms with Gasteiger partial charge in [0.05, 0.1) is 12.0 Å². The Hall–Kier alpha value is -1.75. The Kier molecular flexibility index (Phi) is 2.18. The van der Waals surface area contributed by atoms with Gasteiger partial charge in [0.25, 0.3) is 0 Å². The zero-order valence-corrected chi connectivity index (χ0v) is 9.34. The molecule has 0 aromatic carbocycles. The topological polar surface area (TPSA) is 53.6 Å². The van der Waals surface area contributed by atoms with Crippen LogP contribution in [0.5, 0.6) is 0 Å². The molecule has 80 valence electrons. The van der Waals surface area contributed by atoms with Crippen LogP contribution in [0.25, 0.3) is 11.3 Å². The van der Waals surface area contributed by atoms with Crippen molar-refractivity contribution in [1.29, 1.82) is 0 Å². The maximum atomic E-state index is 5.25. The van der Waals surface area contributed by atoms with E-state index in [9.17, 15) is 0 Å². The molecular weight excluding hydrogens is 220 g/mol. The quantitative estimate of drug-likeness (QED) is 0.681. The molecule has 2 N–H and O–H groups in total. The Morgan fingerprint density at radius 1 is 1.31 bits per heavy atom. The molecule has 0 radical (unpaired) electrons. The second kappa shape index (κ2) is 3.68. The van der Waals surface area contributed by atoms with Crippen molar-refractivity contribution in [3.8, 4) is 11.3 Å². The molecule has 5 heteroatoms. The molecule has 1 aliphatic heterocycles. The number of hydrogen-bond donors (Lipinski definition) is 2. The van der Waals surface area contributed by atoms with E-state index in [0.29, 0.717) is 4.64 Å². The van der Waals surface area contributed by atoms with E-state index in [4.69, 9.17) is 12.2 Å². The Morgan fingerprint density at radius 2 is 2.25 bits per heavy atom. The molecule has 3 heterocycles. The highest BCUT2D eigenvalue weighted by atomic mass is 32.1. The van der Waals surface area contributed by atoms with Crippen LogP contribution in [0.1, 0.15) is 5.56 Å². The highest BCUT2D eigenvalue weighted by Crippen LogP contribution is 2.29. The predicted octanol–water partition coefficient (Wildman–Crippen LogP) is 2.17. The number of aromatic nitrogens is 3. The number of anilines is 1. The summed E-state index contributed by atoms with van der Waals surface area (Å²) in [6.07, 6.45) is 4.30. The summed E-state index contributed by atoms with van der Waals surface area (Å²) >= 11 is 5.25. The SMILES string of the molecule is S=c1nc[nH]c2c1CCNc1ncccc1-2. The van der Waals surface area contributed by atoms with Crippen molar-refractivity contribution in [1.82, 2.24) is 15.0 Å². The van der Waals surface area contributed by atoms with Gasteiger partial charge in [0.2, 0.25) is 0 Å². The first-order valence-corrected chi connectivity index (χ1v) is 5.53. The van der Waals surface area contributed by atoms with Crippen LogP contribution in [0.15, 0.2) is 24.7 Å². The minimum atomic E-state index is 0.673. The number of H-pyrrole nitrogens is 1. The van der Waals surface area contributed by atoms with Gasteiger partial charge in [-0.25, -0.2) is 9.97 Å². The van der Waals surface area contributed by atoms with Crippen LogP contribution in [-0.4, -0.2) is 21.5 Å². The van der Waals surface area contributed by atoms with Crippen LogP contribution in [0.4, 0.5) is 5.82 Å². The molecule has 0 saturated heterocycles. The molecule has 0 spiro atoms. The lowest BCUT2D eigenvalue weighted by molar-refractivity contribution is 0.986. The first-order chi connectivity index (χ1) is 7.86. The summed E-state index contributed by atoms with van der Waals surface area (Å²) in [4.78, 5) is 11.6. The normalized spacial score (nSPS) is 13.2. The molecule has 2 aromatic heterocycles. The monoisotopic (exact) mass is 230 g/mol. The summed E-state index contributed by atoms with van der Waals surface area (Å²) in [7, 11) is 0. The average Bonchev–Trinajstić information content (AvgIpc) is 2.50. The molecule has 0 saturated carbocycles. The lowest BCUT2D eigenvalue weighted by atomic mass is 10.1. The van der Waals surface area contributed by atoms with Gasteiger partial charge in [0.1, 0.15) is 10.5 Å². The van der Waals surface area contributed by atoms with E-state index in [0.717, 1.165) is 35.6 Å². The van der Waals surface area contributed by atoms with E-state index < -0.39 is 0 Å². The number of fused-ring (bicyclic) bond motifs is 3. The maximum absolute atomic E-state index is 5.25. The minimum absolute atomic E-state index is 0.673. The molecule has 1 aliphatic rings. The standard InChI is InChI=1S/C11H10N4S/c16-11-8-3-5-13-10-7(2-1-4-12-10)9(8)14-6-15-11/h1-2,4,6H,3,5H2,(H,12,13)(H,14,15,16). The van der Waals surface area contributed by atoms with Crippen LogP contribution >= 0.6 is 12.2 Å². The number of pyridine rings is 1. The van der Waals surface area contributed by atoms with E-state index in [1.54, 1.807) is 12.5 Å². The molecule has 0 amide bonds. The van der Waals surface area contributed by atoms with Crippen LogP contribution in [-0.2, 0) is 6.42 Å². The van der Waals surface area contributed by atoms with Crippen LogP contribution < -0.4 is 5.32 Å². The summed E-state index contributed by atoms with van der Waals surface area (Å²) < 4.78 is 0.673. The fraction of sp³-hybridized carbons (Fsp3) is 0.182. The number of nitrogens with zero attached hydrogens (tertiary/aromatic N) is 2. The largest absolute Gasteiger partial charge is 0.369 e. The number of aromatic amines is 1. The maximum Gasteiger partial charge on any atom is 0.135 e. The van der Waals surface area contributed by atoms with Crippen LogP contribution in [0.2, 0.25) is 0 Å². The number of hydrogen-bond acceptors (Lipinski definition) is 4. The molecule has 16 heavy (non-hydrogen) atoms. The lowest BCUT2D eigenvalue weighted by Gasteiger charge is -2.06. The molecule has 0 fully saturated rings. The highest BCUT2D eigenvalue weighted by Gasteiger charge is 2.15. The molecular formula is C11H10N4S. The van der Waals surface area contributed by atoms with Crippen molar-refractivity contribution in [2.75, 3.05) is 11.9 Å². The molecule has 0 bridgehead atoms. The second-order valence-electron chi connectivity index (χ2n) is 3.64. The Bertz CT molecular complexity index is 591. The van der Waals surface area contributed by atoms with Crippen molar-refractivity contribution >= 4 is 18.0 Å². The van der Waals surface area contributed by atoms with Crippen molar-refractivity contribution < 1.29 is 0 Å². The fourth-order valence-corrected chi connectivity index (χ4v) is 2.21. The summed E-state index contributed by atoms with van der Waals surface area (Å²) in [6, 6.07) is 3.96. The number of nitrogens with one attached hydrogen (secondary N) is 2. The molecule has 3 rings (SSSR count). The van der Waals surface area contributed by atoms with Gasteiger partial charge in [0, 0.05) is 23.9 Å². The Labute approximate surface area is 97.8 Å². The van der Waals surface area contributed by atoms with Gasteiger partial charge in [-0.3, -0.25) is 0 Å². The van der Waals surface area contributed by atoms with Gasteiger partial charge in [-0.2, -0.15) is 0 Å². The third-order valence-corrected chi connectivity index (χ3v) is 3.05. The second-order valence-corrected chi connectivity index (χ2v) is 4.02. The first-order valence-electron chi connectivity index (χ1n) is 5.12. The third kappa shape index (κ3) is 1.40. The van der Waals surface area contributed by atoms with Crippen molar-refractivity contribution in [3.63, 3.8) is 0 Å². The van der Waals surface area contributed by atoms with Crippen molar-refractivity contribution in [3.05, 3.63) is 34.9 Å². The van der Waals surface area contributed by atoms with E-state index >= 15 is 0 Å². The molecule has 2 aromatic rings. The Balaban J connectivity index is 2.34. The zero-order chi connectivity index (χ0) is 11.0. The van der Waals surface area contributed by atoms with Gasteiger partial charge in [-0.05, 0) is 18.6 Å². The molecule has 0 aliphatic carbocycles. The smallest absolute Gasteiger partial charge is 0.135 e. The van der Waals surface area contributed by atoms with Gasteiger partial charge in [-0.15, -0.1) is 0 Å². The fourth-order valence-electron chi connectivity index (χ4n) is 1.95. The van der Waals surface area contributed by atoms with Gasteiger partial charge in [0.15, 0.2) is 0 Å². The molecule has 0 atom stereocenters. The van der Waals surface area contributed by atoms with Crippen molar-refractivity contribution in [2.45, 2.75) is 6.42 Å². The lowest BCUT2D eigenvalue weighted by Crippen LogP contribution is -2.03. The zero-order valence-electron chi connectivity index (χ0n) is 8.53. The predicted molar refractivity (Wildman–Crippen MR) is 64.8 cm³/mol. The van der Waals surface area contributed by atoms with Gasteiger partial charge in [-0.1, -0.05) is 12.2 Å². The summed E-state index contributed by atoms with van der Waals surface area (Å²) in [6.45, 7) is 0.834. The van der Waals surface area contributed by atoms with Gasteiger partial charge >= 0.3 is 0 Å². The van der Waals surface area contributed by atoms with Crippen LogP contribution in [0.3, 0.4) is 0 Å². The van der Waals surface area contributed by atoms with E-state index in [1.165, 1.54) is 0 Å². The van der Waals surface area contributed by atoms with Crippen LogP contribution in [0, 0.1) is 4.64 Å². The first kappa shape index (κ1) is 9.47.